The Labute approximate surface area is 396 Å². The molecular formula is C38H52Br4N10O8Si2. The van der Waals surface area contributed by atoms with Crippen LogP contribution >= 0.6 is 63.7 Å². The summed E-state index contributed by atoms with van der Waals surface area (Å²) in [6, 6.07) is 5.37. The van der Waals surface area contributed by atoms with Crippen molar-refractivity contribution in [2.24, 2.45) is 21.8 Å². The van der Waals surface area contributed by atoms with Gasteiger partial charge in [0.15, 0.2) is 11.3 Å². The van der Waals surface area contributed by atoms with Crippen LogP contribution in [0.15, 0.2) is 40.3 Å². The molecule has 4 saturated heterocycles. The van der Waals surface area contributed by atoms with Crippen molar-refractivity contribution in [3.8, 4) is 0 Å². The van der Waals surface area contributed by atoms with Gasteiger partial charge in [0.2, 0.25) is 11.9 Å². The minimum atomic E-state index is -1.52. The second-order valence-corrected chi connectivity index (χ2v) is 33.4. The van der Waals surface area contributed by atoms with Crippen molar-refractivity contribution in [1.29, 1.82) is 0 Å². The Morgan fingerprint density at radius 1 is 0.710 bits per heavy atom. The first-order valence-corrected chi connectivity index (χ1v) is 31.2. The summed E-state index contributed by atoms with van der Waals surface area (Å²) in [5.74, 6) is -1.58. The van der Waals surface area contributed by atoms with E-state index in [0.717, 1.165) is 12.1 Å². The van der Waals surface area contributed by atoms with Gasteiger partial charge in [-0.3, -0.25) is 29.0 Å². The third kappa shape index (κ3) is 8.46. The van der Waals surface area contributed by atoms with Gasteiger partial charge in [-0.05, 0) is 99.8 Å². The van der Waals surface area contributed by atoms with Crippen LogP contribution in [0, 0.1) is 11.8 Å². The normalized spacial score (nSPS) is 26.1. The lowest BCUT2D eigenvalue weighted by molar-refractivity contribution is -0.140. The summed E-state index contributed by atoms with van der Waals surface area (Å²) in [6.45, 7) is 15.4. The number of hydrogen-bond acceptors (Lipinski definition) is 12. The molecule has 8 heterocycles. The maximum atomic E-state index is 15.1. The van der Waals surface area contributed by atoms with Crippen LogP contribution in [0.25, 0.3) is 0 Å². The van der Waals surface area contributed by atoms with Crippen LogP contribution in [0.5, 0.6) is 0 Å². The van der Waals surface area contributed by atoms with Crippen molar-refractivity contribution in [2.75, 3.05) is 53.2 Å². The van der Waals surface area contributed by atoms with Gasteiger partial charge in [0, 0.05) is 55.3 Å². The van der Waals surface area contributed by atoms with E-state index in [-0.39, 0.29) is 90.0 Å². The third-order valence-corrected chi connectivity index (χ3v) is 19.7. The van der Waals surface area contributed by atoms with Crippen molar-refractivity contribution in [2.45, 2.75) is 89.0 Å². The maximum absolute atomic E-state index is 15.1. The van der Waals surface area contributed by atoms with Crippen LogP contribution < -0.4 is 10.6 Å². The quantitative estimate of drug-likeness (QED) is 0.194. The van der Waals surface area contributed by atoms with E-state index in [4.69, 9.17) is 18.9 Å². The lowest BCUT2D eigenvalue weighted by Gasteiger charge is -2.32. The average molecular weight is 1150 g/mol. The molecule has 4 amide bonds. The number of hydrogen-bond donors (Lipinski definition) is 2. The molecule has 338 valence electrons. The first-order valence-electron chi connectivity index (χ1n) is 20.6. The second-order valence-electron chi connectivity index (χ2n) is 19.0. The Bertz CT molecular complexity index is 2080. The molecule has 4 fully saturated rings. The monoisotopic (exact) mass is 1150 g/mol. The van der Waals surface area contributed by atoms with Crippen molar-refractivity contribution in [3.63, 3.8) is 0 Å². The van der Waals surface area contributed by atoms with E-state index < -0.39 is 39.3 Å². The van der Waals surface area contributed by atoms with Crippen molar-refractivity contribution < 1.29 is 38.1 Å². The molecule has 0 aromatic carbocycles. The van der Waals surface area contributed by atoms with Crippen LogP contribution in [0.2, 0.25) is 51.4 Å². The number of nitrogens with zero attached hydrogens (tertiary/aromatic N) is 8. The molecule has 2 aromatic heterocycles. The summed E-state index contributed by atoms with van der Waals surface area (Å²) in [5.41, 5.74) is -2.40. The van der Waals surface area contributed by atoms with E-state index >= 15 is 9.59 Å². The predicted molar refractivity (Wildman–Crippen MR) is 248 cm³/mol. The molecule has 2 spiro atoms. The number of aromatic nitrogens is 2. The molecule has 8 rings (SSSR count). The number of rotatable bonds is 13. The van der Waals surface area contributed by atoms with Gasteiger partial charge in [-0.15, -0.1) is 0 Å². The van der Waals surface area contributed by atoms with Gasteiger partial charge in [-0.1, -0.05) is 39.3 Å². The number of guanidine groups is 2. The van der Waals surface area contributed by atoms with E-state index in [1.807, 2.05) is 0 Å². The molecule has 6 aliphatic rings. The number of amides is 4. The van der Waals surface area contributed by atoms with Gasteiger partial charge in [0.1, 0.15) is 61.0 Å². The zero-order chi connectivity index (χ0) is 44.5. The summed E-state index contributed by atoms with van der Waals surface area (Å²) in [7, 11) is -2.76. The molecule has 0 bridgehead atoms. The molecule has 6 aliphatic heterocycles. The fraction of sp³-hybridized carbons (Fsp3) is 0.632. The molecule has 24 heteroatoms. The number of fused-ring (bicyclic) bond motifs is 2. The van der Waals surface area contributed by atoms with Gasteiger partial charge >= 0.3 is 0 Å². The first-order chi connectivity index (χ1) is 29.2. The van der Waals surface area contributed by atoms with Crippen LogP contribution in [0.1, 0.15) is 33.8 Å². The minimum Gasteiger partial charge on any atom is -0.361 e. The average Bonchev–Trinajstić information content (AvgIpc) is 4.04. The van der Waals surface area contributed by atoms with Crippen LogP contribution in [0.3, 0.4) is 0 Å². The van der Waals surface area contributed by atoms with E-state index in [9.17, 15) is 9.59 Å². The highest BCUT2D eigenvalue weighted by molar-refractivity contribution is 9.13. The lowest BCUT2D eigenvalue weighted by atomic mass is 9.85. The Hall–Kier alpha value is -2.43. The maximum Gasteiger partial charge on any atom is 0.278 e. The predicted octanol–water partition coefficient (Wildman–Crippen LogP) is 5.45. The molecule has 18 nitrogen and oxygen atoms in total. The molecule has 2 N–H and O–H groups in total. The van der Waals surface area contributed by atoms with Gasteiger partial charge in [0.25, 0.3) is 23.6 Å². The molecule has 4 unspecified atom stereocenters. The van der Waals surface area contributed by atoms with Gasteiger partial charge in [-0.2, -0.15) is 0 Å². The topological polar surface area (TPSA) is 177 Å². The fourth-order valence-corrected chi connectivity index (χ4v) is 12.0. The highest BCUT2D eigenvalue weighted by atomic mass is 79.9. The van der Waals surface area contributed by atoms with Crippen molar-refractivity contribution in [1.82, 2.24) is 39.4 Å². The van der Waals surface area contributed by atoms with Crippen molar-refractivity contribution >= 4 is 115 Å². The summed E-state index contributed by atoms with van der Waals surface area (Å²) < 4.78 is 29.5. The Balaban J connectivity index is 1.13. The number of halogens is 4. The van der Waals surface area contributed by atoms with E-state index in [2.05, 4.69) is 124 Å². The van der Waals surface area contributed by atoms with E-state index in [1.165, 1.54) is 9.80 Å². The summed E-state index contributed by atoms with van der Waals surface area (Å²) in [4.78, 5) is 74.5. The highest BCUT2D eigenvalue weighted by Crippen LogP contribution is 2.48. The molecule has 0 saturated carbocycles. The smallest absolute Gasteiger partial charge is 0.278 e. The molecule has 0 aliphatic carbocycles. The number of ether oxygens (including phenoxy) is 4. The fourth-order valence-electron chi connectivity index (χ4n) is 8.83. The second kappa shape index (κ2) is 17.4. The highest BCUT2D eigenvalue weighted by Gasteiger charge is 2.66. The zero-order valence-electron chi connectivity index (χ0n) is 35.6. The molecule has 62 heavy (non-hydrogen) atoms. The van der Waals surface area contributed by atoms with E-state index in [1.54, 1.807) is 31.1 Å². The lowest BCUT2D eigenvalue weighted by Crippen LogP contribution is -2.59. The number of likely N-dealkylation sites (tertiary alicyclic amines) is 2. The van der Waals surface area contributed by atoms with Gasteiger partial charge < -0.3 is 48.5 Å². The SMILES string of the molecule is C[Si](C)(C)CCOCn1c(C(=O)N2CC(C3CN(C(=O)c4cc(Br)c(Br)n4COCC[Si](C)(C)C)C4(C3)NC3=NCOCN3C4=O)CC23NC2=NCOCN2C3=O)cc(Br)c1Br. The zero-order valence-corrected chi connectivity index (χ0v) is 43.9. The number of carbonyl (C=O) groups is 4. The molecule has 4 atom stereocenters. The van der Waals surface area contributed by atoms with E-state index in [0.29, 0.717) is 54.7 Å². The summed E-state index contributed by atoms with van der Waals surface area (Å²) >= 11 is 14.5. The van der Waals surface area contributed by atoms with Crippen LogP contribution in [-0.4, -0.2) is 145 Å². The van der Waals surface area contributed by atoms with Gasteiger partial charge in [0.05, 0.1) is 8.95 Å². The Morgan fingerprint density at radius 2 is 1.10 bits per heavy atom. The standard InChI is InChI=1S/C38H52Br4N10O8Si2/c1-61(2,3)9-7-57-19-47-27(11-25(39)29(47)41)31(53)51-15-23(13-37(51)33(55)49-21-59-17-43-35(49)45-37)24-14-38(34(56)50-22-60-18-44-36(50)46-38)52(16-24)32(54)28-12-26(40)30(42)48(28)20-58-8-10-62(4,5)6/h11-12,23-24H,7-10,13-22H2,1-6H3,(H,43,45)(H,44,46). The summed E-state index contributed by atoms with van der Waals surface area (Å²) in [6.07, 6.45) is 0.373. The molecule has 0 radical (unpaired) electrons. The molecular weight excluding hydrogens is 1100 g/mol. The minimum absolute atomic E-state index is 0.0165. The molecule has 2 aromatic rings. The first kappa shape index (κ1) is 46.1. The Morgan fingerprint density at radius 3 is 1.45 bits per heavy atom. The number of aliphatic imine (C=N–C) groups is 2. The summed E-state index contributed by atoms with van der Waals surface area (Å²) in [5, 5.41) is 6.72. The Kier molecular flexibility index (Phi) is 13.0. The number of carbonyl (C=O) groups excluding carboxylic acids is 4. The number of nitrogens with one attached hydrogen (secondary N) is 2. The van der Waals surface area contributed by atoms with Gasteiger partial charge in [-0.25, -0.2) is 9.98 Å². The van der Waals surface area contributed by atoms with Crippen LogP contribution in [0.4, 0.5) is 0 Å². The van der Waals surface area contributed by atoms with Crippen molar-refractivity contribution in [3.05, 3.63) is 41.7 Å². The van der Waals surface area contributed by atoms with Crippen LogP contribution in [-0.2, 0) is 42.0 Å². The third-order valence-electron chi connectivity index (χ3n) is 12.3. The largest absolute Gasteiger partial charge is 0.361 e.